The van der Waals surface area contributed by atoms with Crippen molar-refractivity contribution in [2.75, 3.05) is 26.9 Å². The highest BCUT2D eigenvalue weighted by molar-refractivity contribution is 4.90. The summed E-state index contributed by atoms with van der Waals surface area (Å²) in [5.41, 5.74) is 0. The molecular weight excluding hydrogens is 168 g/mol. The third-order valence-electron chi connectivity index (χ3n) is 1.82. The highest BCUT2D eigenvalue weighted by Gasteiger charge is 1.97. The summed E-state index contributed by atoms with van der Waals surface area (Å²) in [4.78, 5) is 4.19. The predicted molar refractivity (Wildman–Crippen MR) is 49.6 cm³/mol. The average Bonchev–Trinajstić information content (AvgIpc) is 2.52. The molecule has 0 aromatic carbocycles. The first-order valence-corrected chi connectivity index (χ1v) is 4.37. The van der Waals surface area contributed by atoms with Gasteiger partial charge in [0.15, 0.2) is 0 Å². The largest absolute Gasteiger partial charge is 0.382 e. The van der Waals surface area contributed by atoms with Crippen LogP contribution in [0.1, 0.15) is 5.82 Å². The monoisotopic (exact) mass is 184 g/mol. The fourth-order valence-corrected chi connectivity index (χ4v) is 1.05. The molecule has 74 valence electrons. The van der Waals surface area contributed by atoms with Crippen molar-refractivity contribution in [2.24, 2.45) is 7.05 Å². The Morgan fingerprint density at radius 3 is 2.85 bits per heavy atom. The van der Waals surface area contributed by atoms with E-state index >= 15 is 0 Å². The zero-order valence-corrected chi connectivity index (χ0v) is 8.19. The van der Waals surface area contributed by atoms with Gasteiger partial charge >= 0.3 is 0 Å². The average molecular weight is 184 g/mol. The Morgan fingerprint density at radius 2 is 2.23 bits per heavy atom. The topological polar surface area (TPSA) is 36.3 Å². The Morgan fingerprint density at radius 1 is 1.38 bits per heavy atom. The molecule has 0 N–H and O–H groups in total. The first-order valence-electron chi connectivity index (χ1n) is 4.37. The maximum Gasteiger partial charge on any atom is 0.110 e. The molecule has 4 heteroatoms. The van der Waals surface area contributed by atoms with E-state index in [2.05, 4.69) is 4.98 Å². The molecule has 4 nitrogen and oxygen atoms in total. The van der Waals surface area contributed by atoms with Crippen LogP contribution in [0.4, 0.5) is 0 Å². The lowest BCUT2D eigenvalue weighted by molar-refractivity contribution is 0.0714. The van der Waals surface area contributed by atoms with Crippen LogP contribution >= 0.6 is 0 Å². The molecule has 1 rings (SSSR count). The summed E-state index contributed by atoms with van der Waals surface area (Å²) in [5, 5.41) is 0. The number of hydrogen-bond acceptors (Lipinski definition) is 3. The molecule has 0 aliphatic heterocycles. The zero-order chi connectivity index (χ0) is 9.52. The van der Waals surface area contributed by atoms with Gasteiger partial charge in [-0.05, 0) is 0 Å². The van der Waals surface area contributed by atoms with E-state index in [1.54, 1.807) is 13.3 Å². The van der Waals surface area contributed by atoms with E-state index in [-0.39, 0.29) is 0 Å². The van der Waals surface area contributed by atoms with Gasteiger partial charge in [0.2, 0.25) is 0 Å². The van der Waals surface area contributed by atoms with Crippen LogP contribution in [-0.4, -0.2) is 36.5 Å². The van der Waals surface area contributed by atoms with Gasteiger partial charge in [-0.1, -0.05) is 0 Å². The van der Waals surface area contributed by atoms with Crippen molar-refractivity contribution in [3.05, 3.63) is 18.2 Å². The Bertz CT molecular complexity index is 235. The second-order valence-corrected chi connectivity index (χ2v) is 2.81. The molecule has 0 saturated heterocycles. The molecule has 0 aliphatic rings. The lowest BCUT2D eigenvalue weighted by atomic mass is 10.4. The molecule has 0 unspecified atom stereocenters. The second-order valence-electron chi connectivity index (χ2n) is 2.81. The first kappa shape index (κ1) is 10.2. The van der Waals surface area contributed by atoms with Crippen LogP contribution in [0.2, 0.25) is 0 Å². The number of hydrogen-bond donors (Lipinski definition) is 0. The molecule has 13 heavy (non-hydrogen) atoms. The van der Waals surface area contributed by atoms with Crippen LogP contribution in [-0.2, 0) is 22.9 Å². The van der Waals surface area contributed by atoms with Crippen LogP contribution in [0.5, 0.6) is 0 Å². The number of aryl methyl sites for hydroxylation is 1. The SMILES string of the molecule is COCCOCCc1nccn1C. The summed E-state index contributed by atoms with van der Waals surface area (Å²) in [7, 11) is 3.65. The van der Waals surface area contributed by atoms with Crippen molar-refractivity contribution in [3.63, 3.8) is 0 Å². The van der Waals surface area contributed by atoms with Crippen LogP contribution in [0.3, 0.4) is 0 Å². The van der Waals surface area contributed by atoms with Gasteiger partial charge in [0, 0.05) is 33.0 Å². The van der Waals surface area contributed by atoms with Crippen molar-refractivity contribution >= 4 is 0 Å². The summed E-state index contributed by atoms with van der Waals surface area (Å²) in [6.45, 7) is 2.01. The molecule has 1 aromatic heterocycles. The molecule has 0 amide bonds. The van der Waals surface area contributed by atoms with Gasteiger partial charge < -0.3 is 14.0 Å². The van der Waals surface area contributed by atoms with E-state index in [0.717, 1.165) is 12.2 Å². The van der Waals surface area contributed by atoms with Gasteiger partial charge in [0.1, 0.15) is 5.82 Å². The summed E-state index contributed by atoms with van der Waals surface area (Å²) in [6.07, 6.45) is 4.59. The molecule has 0 bridgehead atoms. The minimum absolute atomic E-state index is 0.653. The lowest BCUT2D eigenvalue weighted by Gasteiger charge is -2.03. The molecule has 0 atom stereocenters. The van der Waals surface area contributed by atoms with Gasteiger partial charge in [-0.15, -0.1) is 0 Å². The smallest absolute Gasteiger partial charge is 0.110 e. The van der Waals surface area contributed by atoms with Crippen LogP contribution in [0, 0.1) is 0 Å². The minimum Gasteiger partial charge on any atom is -0.382 e. The maximum atomic E-state index is 5.32. The quantitative estimate of drug-likeness (QED) is 0.608. The van der Waals surface area contributed by atoms with Gasteiger partial charge in [-0.2, -0.15) is 0 Å². The van der Waals surface area contributed by atoms with E-state index in [9.17, 15) is 0 Å². The Labute approximate surface area is 78.5 Å². The van der Waals surface area contributed by atoms with Gasteiger partial charge in [0.25, 0.3) is 0 Å². The Balaban J connectivity index is 2.10. The van der Waals surface area contributed by atoms with Crippen molar-refractivity contribution < 1.29 is 9.47 Å². The number of aromatic nitrogens is 2. The molecule has 1 aromatic rings. The van der Waals surface area contributed by atoms with Crippen molar-refractivity contribution in [3.8, 4) is 0 Å². The fourth-order valence-electron chi connectivity index (χ4n) is 1.05. The predicted octanol–water partition coefficient (Wildman–Crippen LogP) is 0.626. The second kappa shape index (κ2) is 5.72. The van der Waals surface area contributed by atoms with Crippen molar-refractivity contribution in [1.82, 2.24) is 9.55 Å². The fraction of sp³-hybridized carbons (Fsp3) is 0.667. The van der Waals surface area contributed by atoms with E-state index in [1.807, 2.05) is 17.8 Å². The Hall–Kier alpha value is -0.870. The van der Waals surface area contributed by atoms with Gasteiger partial charge in [-0.25, -0.2) is 4.98 Å². The van der Waals surface area contributed by atoms with Crippen molar-refractivity contribution in [1.29, 1.82) is 0 Å². The van der Waals surface area contributed by atoms with Crippen LogP contribution < -0.4 is 0 Å². The number of rotatable bonds is 6. The maximum absolute atomic E-state index is 5.32. The van der Waals surface area contributed by atoms with Crippen molar-refractivity contribution in [2.45, 2.75) is 6.42 Å². The molecule has 0 saturated carbocycles. The number of ether oxygens (including phenoxy) is 2. The van der Waals surface area contributed by atoms with Crippen LogP contribution in [0.25, 0.3) is 0 Å². The summed E-state index contributed by atoms with van der Waals surface area (Å²) in [5.74, 6) is 1.05. The normalized spacial score (nSPS) is 10.6. The summed E-state index contributed by atoms with van der Waals surface area (Å²) >= 11 is 0. The lowest BCUT2D eigenvalue weighted by Crippen LogP contribution is -2.07. The summed E-state index contributed by atoms with van der Waals surface area (Å²) < 4.78 is 12.2. The third-order valence-corrected chi connectivity index (χ3v) is 1.82. The van der Waals surface area contributed by atoms with E-state index in [0.29, 0.717) is 19.8 Å². The molecule has 0 aliphatic carbocycles. The molecular formula is C9H16N2O2. The highest BCUT2D eigenvalue weighted by Crippen LogP contribution is 1.95. The van der Waals surface area contributed by atoms with Gasteiger partial charge in [0.05, 0.1) is 19.8 Å². The standard InChI is InChI=1S/C9H16N2O2/c1-11-5-4-10-9(11)3-6-13-8-7-12-2/h4-5H,3,6-8H2,1-2H3. The third kappa shape index (κ3) is 3.57. The van der Waals surface area contributed by atoms with E-state index in [4.69, 9.17) is 9.47 Å². The molecule has 0 radical (unpaired) electrons. The molecule has 1 heterocycles. The molecule has 0 fully saturated rings. The number of methoxy groups -OCH3 is 1. The van der Waals surface area contributed by atoms with Gasteiger partial charge in [-0.3, -0.25) is 0 Å². The Kier molecular flexibility index (Phi) is 4.49. The van der Waals surface area contributed by atoms with E-state index in [1.165, 1.54) is 0 Å². The number of nitrogens with zero attached hydrogens (tertiary/aromatic N) is 2. The number of imidazole rings is 1. The summed E-state index contributed by atoms with van der Waals surface area (Å²) in [6, 6.07) is 0. The first-order chi connectivity index (χ1) is 6.34. The molecule has 0 spiro atoms. The minimum atomic E-state index is 0.653. The van der Waals surface area contributed by atoms with E-state index < -0.39 is 0 Å². The highest BCUT2D eigenvalue weighted by atomic mass is 16.5. The zero-order valence-electron chi connectivity index (χ0n) is 8.19. The van der Waals surface area contributed by atoms with Crippen LogP contribution in [0.15, 0.2) is 12.4 Å².